The van der Waals surface area contributed by atoms with Crippen molar-refractivity contribution in [3.8, 4) is 11.4 Å². The van der Waals surface area contributed by atoms with Crippen LogP contribution in [-0.2, 0) is 7.05 Å². The maximum atomic E-state index is 11.1. The summed E-state index contributed by atoms with van der Waals surface area (Å²) in [5.41, 5.74) is 0.633. The molecule has 3 aromatic rings. The van der Waals surface area contributed by atoms with Crippen LogP contribution in [0, 0.1) is 0 Å². The molecule has 1 aromatic carbocycles. The second-order valence-corrected chi connectivity index (χ2v) is 6.20. The van der Waals surface area contributed by atoms with Crippen LogP contribution in [0.15, 0.2) is 28.4 Å². The van der Waals surface area contributed by atoms with E-state index in [4.69, 9.17) is 28.3 Å². The molecule has 0 atom stereocenters. The number of halogens is 2. The number of hydrogen-bond donors (Lipinski definition) is 3. The average Bonchev–Trinajstić information content (AvgIpc) is 3.11. The first-order valence-corrected chi connectivity index (χ1v) is 7.76. The molecule has 11 heteroatoms. The van der Waals surface area contributed by atoms with Gasteiger partial charge >= 0.3 is 11.1 Å². The van der Waals surface area contributed by atoms with Crippen molar-refractivity contribution in [1.82, 2.24) is 25.6 Å². The lowest BCUT2D eigenvalue weighted by atomic mass is 10.2. The minimum absolute atomic E-state index is 0.158. The Hall–Kier alpha value is -2.10. The van der Waals surface area contributed by atoms with Crippen LogP contribution in [0.3, 0.4) is 0 Å². The van der Waals surface area contributed by atoms with Gasteiger partial charge in [-0.25, -0.2) is 9.36 Å². The van der Waals surface area contributed by atoms with Gasteiger partial charge in [0.05, 0.1) is 27.8 Å². The molecule has 0 unspecified atom stereocenters. The number of carboxylic acid groups (broad SMARTS) is 1. The molecular formula is C12H9Cl2N6O2S+. The molecule has 3 N–H and O–H groups in total. The molecule has 8 nitrogen and oxygen atoms in total. The largest absolute Gasteiger partial charge is 0.476 e. The van der Waals surface area contributed by atoms with Crippen molar-refractivity contribution in [2.45, 2.75) is 10.2 Å². The molecule has 0 spiro atoms. The third-order valence-corrected chi connectivity index (χ3v) is 4.74. The molecule has 0 aliphatic rings. The van der Waals surface area contributed by atoms with Crippen molar-refractivity contribution >= 4 is 40.9 Å². The number of hydrogen-bond acceptors (Lipinski definition) is 5. The highest BCUT2D eigenvalue weighted by molar-refractivity contribution is 7.99. The maximum absolute atomic E-state index is 11.1. The van der Waals surface area contributed by atoms with Crippen LogP contribution in [0.1, 0.15) is 10.5 Å². The van der Waals surface area contributed by atoms with Gasteiger partial charge in [-0.3, -0.25) is 0 Å². The number of nitrogens with zero attached hydrogens (tertiary/aromatic N) is 4. The normalized spacial score (nSPS) is 10.9. The summed E-state index contributed by atoms with van der Waals surface area (Å²) in [5.74, 6) is -0.476. The lowest BCUT2D eigenvalue weighted by Gasteiger charge is -1.99. The van der Waals surface area contributed by atoms with Crippen LogP contribution in [0.25, 0.3) is 11.4 Å². The van der Waals surface area contributed by atoms with Gasteiger partial charge < -0.3 is 5.11 Å². The number of aromatic nitrogens is 6. The van der Waals surface area contributed by atoms with E-state index >= 15 is 0 Å². The number of benzene rings is 1. The number of nitrogens with one attached hydrogen (secondary N) is 2. The minimum atomic E-state index is -1.16. The predicted octanol–water partition coefficient (Wildman–Crippen LogP) is 2.18. The van der Waals surface area contributed by atoms with E-state index in [0.29, 0.717) is 21.0 Å². The highest BCUT2D eigenvalue weighted by Crippen LogP contribution is 2.28. The SMILES string of the molecule is C[n+]1c(Sc2n[nH]nc2C(=O)O)n[nH]c1-c1ccc(Cl)c(Cl)c1. The Bertz CT molecular complexity index is 894. The van der Waals surface area contributed by atoms with Crippen molar-refractivity contribution in [3.63, 3.8) is 0 Å². The van der Waals surface area contributed by atoms with Gasteiger partial charge in [0.1, 0.15) is 0 Å². The Morgan fingerprint density at radius 1 is 1.26 bits per heavy atom. The zero-order valence-electron chi connectivity index (χ0n) is 11.5. The van der Waals surface area contributed by atoms with Crippen molar-refractivity contribution < 1.29 is 14.5 Å². The van der Waals surface area contributed by atoms with Gasteiger partial charge in [0.2, 0.25) is 5.69 Å². The summed E-state index contributed by atoms with van der Waals surface area (Å²) in [4.78, 5) is 11.1. The van der Waals surface area contributed by atoms with Crippen molar-refractivity contribution in [2.75, 3.05) is 0 Å². The number of aromatic carboxylic acids is 1. The molecule has 0 aliphatic carbocycles. The van der Waals surface area contributed by atoms with Crippen LogP contribution in [0.5, 0.6) is 0 Å². The molecule has 0 bridgehead atoms. The van der Waals surface area contributed by atoms with Crippen LogP contribution in [0.4, 0.5) is 0 Å². The van der Waals surface area contributed by atoms with E-state index < -0.39 is 5.97 Å². The lowest BCUT2D eigenvalue weighted by Crippen LogP contribution is -2.31. The second-order valence-electron chi connectivity index (χ2n) is 4.43. The molecule has 0 amide bonds. The Labute approximate surface area is 143 Å². The number of rotatable bonds is 4. The summed E-state index contributed by atoms with van der Waals surface area (Å²) in [7, 11) is 1.78. The number of carboxylic acids is 1. The average molecular weight is 372 g/mol. The molecule has 23 heavy (non-hydrogen) atoms. The van der Waals surface area contributed by atoms with Gasteiger partial charge in [0.25, 0.3) is 5.82 Å². The van der Waals surface area contributed by atoms with Gasteiger partial charge in [-0.1, -0.05) is 23.2 Å². The third-order valence-electron chi connectivity index (χ3n) is 2.98. The first-order valence-electron chi connectivity index (χ1n) is 6.19. The van der Waals surface area contributed by atoms with Crippen LogP contribution in [-0.4, -0.2) is 36.7 Å². The molecule has 0 radical (unpaired) electrons. The Morgan fingerprint density at radius 2 is 2.04 bits per heavy atom. The Morgan fingerprint density at radius 3 is 2.74 bits per heavy atom. The quantitative estimate of drug-likeness (QED) is 0.606. The van der Waals surface area contributed by atoms with E-state index in [9.17, 15) is 4.79 Å². The molecule has 0 fully saturated rings. The summed E-state index contributed by atoms with van der Waals surface area (Å²) >= 11 is 13.0. The van der Waals surface area contributed by atoms with Gasteiger partial charge in [0, 0.05) is 11.8 Å². The van der Waals surface area contributed by atoms with Crippen LogP contribution in [0.2, 0.25) is 10.0 Å². The fourth-order valence-corrected chi connectivity index (χ4v) is 2.96. The molecule has 2 aromatic heterocycles. The highest BCUT2D eigenvalue weighted by atomic mass is 35.5. The third kappa shape index (κ3) is 3.03. The molecule has 2 heterocycles. The van der Waals surface area contributed by atoms with Crippen molar-refractivity contribution in [1.29, 1.82) is 0 Å². The summed E-state index contributed by atoms with van der Waals surface area (Å²) in [6.45, 7) is 0. The number of H-pyrrole nitrogens is 2. The zero-order chi connectivity index (χ0) is 16.6. The molecule has 118 valence electrons. The smallest absolute Gasteiger partial charge is 0.359 e. The van der Waals surface area contributed by atoms with E-state index in [1.165, 1.54) is 0 Å². The van der Waals surface area contributed by atoms with Crippen LogP contribution < -0.4 is 4.57 Å². The first kappa shape index (κ1) is 15.8. The van der Waals surface area contributed by atoms with Gasteiger partial charge in [0.15, 0.2) is 5.03 Å². The summed E-state index contributed by atoms with van der Waals surface area (Å²) in [6.07, 6.45) is 0. The first-order chi connectivity index (χ1) is 11.0. The van der Waals surface area contributed by atoms with E-state index in [0.717, 1.165) is 17.3 Å². The summed E-state index contributed by atoms with van der Waals surface area (Å²) in [6, 6.07) is 5.20. The zero-order valence-corrected chi connectivity index (χ0v) is 13.9. The molecule has 0 saturated carbocycles. The molecular weight excluding hydrogens is 363 g/mol. The summed E-state index contributed by atoms with van der Waals surface area (Å²) < 4.78 is 1.75. The second kappa shape index (κ2) is 6.19. The van der Waals surface area contributed by atoms with Gasteiger partial charge in [-0.05, 0) is 18.2 Å². The van der Waals surface area contributed by atoms with E-state index in [1.54, 1.807) is 29.8 Å². The Balaban J connectivity index is 1.94. The molecule has 0 saturated heterocycles. The highest BCUT2D eigenvalue weighted by Gasteiger charge is 2.24. The van der Waals surface area contributed by atoms with Crippen molar-refractivity contribution in [3.05, 3.63) is 33.9 Å². The number of aromatic amines is 2. The lowest BCUT2D eigenvalue weighted by molar-refractivity contribution is -0.698. The van der Waals surface area contributed by atoms with E-state index in [-0.39, 0.29) is 10.7 Å². The number of carbonyl (C=O) groups is 1. The van der Waals surface area contributed by atoms with Gasteiger partial charge in [-0.15, -0.1) is 15.3 Å². The van der Waals surface area contributed by atoms with Gasteiger partial charge in [-0.2, -0.15) is 5.21 Å². The maximum Gasteiger partial charge on any atom is 0.359 e. The fourth-order valence-electron chi connectivity index (χ4n) is 1.86. The van der Waals surface area contributed by atoms with Crippen molar-refractivity contribution in [2.24, 2.45) is 7.05 Å². The Kier molecular flexibility index (Phi) is 4.24. The fraction of sp³-hybridized carbons (Fsp3) is 0.0833. The molecule has 0 aliphatic heterocycles. The summed E-state index contributed by atoms with van der Waals surface area (Å²) in [5, 5.41) is 27.4. The standard InChI is InChI=1S/C12H8Cl2N6O2S/c1-20-9(5-2-3-6(13)7(14)4-5)16-18-12(20)23-10-8(11(21)22)15-19-17-10/h2-4H,1H3,(H2,15,17,19,21,22)/p+1. The van der Waals surface area contributed by atoms with E-state index in [1.807, 2.05) is 0 Å². The van der Waals surface area contributed by atoms with Crippen LogP contribution >= 0.6 is 35.0 Å². The monoisotopic (exact) mass is 371 g/mol. The minimum Gasteiger partial charge on any atom is -0.476 e. The predicted molar refractivity (Wildman–Crippen MR) is 82.7 cm³/mol. The molecule has 3 rings (SSSR count). The van der Waals surface area contributed by atoms with E-state index in [2.05, 4.69) is 25.6 Å². The topological polar surface area (TPSA) is 111 Å².